The van der Waals surface area contributed by atoms with Crippen LogP contribution < -0.4 is 4.90 Å². The van der Waals surface area contributed by atoms with Gasteiger partial charge in [-0.25, -0.2) is 4.39 Å². The normalized spacial score (nSPS) is 10.6. The van der Waals surface area contributed by atoms with Crippen molar-refractivity contribution in [1.29, 1.82) is 0 Å². The number of non-ortho nitro benzene ring substituents is 1. The first-order chi connectivity index (χ1) is 11.5. The summed E-state index contributed by atoms with van der Waals surface area (Å²) in [6, 6.07) is 11.9. The number of anilines is 1. The Hall–Kier alpha value is -3.29. The van der Waals surface area contributed by atoms with E-state index in [0.717, 1.165) is 5.69 Å². The van der Waals surface area contributed by atoms with Crippen molar-refractivity contribution in [3.8, 4) is 11.5 Å². The van der Waals surface area contributed by atoms with Crippen molar-refractivity contribution in [3.63, 3.8) is 0 Å². The molecule has 2 aromatic carbocycles. The van der Waals surface area contributed by atoms with Gasteiger partial charge < -0.3 is 9.32 Å². The topological polar surface area (TPSA) is 85.3 Å². The Morgan fingerprint density at radius 1 is 1.12 bits per heavy atom. The van der Waals surface area contributed by atoms with Gasteiger partial charge in [0.1, 0.15) is 5.82 Å². The van der Waals surface area contributed by atoms with E-state index in [1.807, 2.05) is 11.9 Å². The van der Waals surface area contributed by atoms with Crippen LogP contribution in [0.3, 0.4) is 0 Å². The summed E-state index contributed by atoms with van der Waals surface area (Å²) < 4.78 is 18.5. The van der Waals surface area contributed by atoms with Crippen LogP contribution in [0.25, 0.3) is 11.5 Å². The highest BCUT2D eigenvalue weighted by atomic mass is 19.1. The first-order valence-corrected chi connectivity index (χ1v) is 7.07. The summed E-state index contributed by atoms with van der Waals surface area (Å²) in [7, 11) is 1.82. The van der Waals surface area contributed by atoms with Crippen LogP contribution >= 0.6 is 0 Å². The fraction of sp³-hybridized carbons (Fsp3) is 0.125. The fourth-order valence-corrected chi connectivity index (χ4v) is 2.15. The molecule has 7 nitrogen and oxygen atoms in total. The van der Waals surface area contributed by atoms with Crippen LogP contribution in [0, 0.1) is 15.9 Å². The molecule has 0 spiro atoms. The number of nitro benzene ring substituents is 1. The molecule has 24 heavy (non-hydrogen) atoms. The predicted molar refractivity (Wildman–Crippen MR) is 84.9 cm³/mol. The Morgan fingerprint density at radius 2 is 1.79 bits per heavy atom. The molecule has 0 radical (unpaired) electrons. The number of nitro groups is 1. The average molecular weight is 328 g/mol. The maximum absolute atomic E-state index is 12.9. The van der Waals surface area contributed by atoms with Crippen LogP contribution in [-0.4, -0.2) is 22.2 Å². The molecule has 0 saturated heterocycles. The molecule has 0 saturated carbocycles. The van der Waals surface area contributed by atoms with E-state index in [0.29, 0.717) is 18.0 Å². The molecule has 0 bridgehead atoms. The molecule has 8 heteroatoms. The van der Waals surface area contributed by atoms with Crippen LogP contribution in [0.1, 0.15) is 5.89 Å². The van der Waals surface area contributed by atoms with E-state index >= 15 is 0 Å². The molecule has 0 aliphatic heterocycles. The lowest BCUT2D eigenvalue weighted by atomic mass is 10.2. The lowest BCUT2D eigenvalue weighted by molar-refractivity contribution is -0.384. The van der Waals surface area contributed by atoms with Crippen molar-refractivity contribution in [3.05, 3.63) is 70.4 Å². The zero-order valence-electron chi connectivity index (χ0n) is 12.7. The SMILES string of the molecule is CN(Cc1nnc(-c2ccc([N+](=O)[O-])cc2)o1)c1ccc(F)cc1. The van der Waals surface area contributed by atoms with Crippen molar-refractivity contribution < 1.29 is 13.7 Å². The minimum Gasteiger partial charge on any atom is -0.419 e. The number of aromatic nitrogens is 2. The Balaban J connectivity index is 1.73. The average Bonchev–Trinajstić information content (AvgIpc) is 3.04. The van der Waals surface area contributed by atoms with Gasteiger partial charge in [0.25, 0.3) is 5.69 Å². The molecular formula is C16H13FN4O3. The monoisotopic (exact) mass is 328 g/mol. The molecule has 1 heterocycles. The predicted octanol–water partition coefficient (Wildman–Crippen LogP) is 3.42. The van der Waals surface area contributed by atoms with Crippen molar-refractivity contribution in [2.45, 2.75) is 6.54 Å². The molecule has 1 aromatic heterocycles. The molecule has 0 fully saturated rings. The van der Waals surface area contributed by atoms with Gasteiger partial charge >= 0.3 is 0 Å². The molecule has 3 rings (SSSR count). The number of rotatable bonds is 5. The summed E-state index contributed by atoms with van der Waals surface area (Å²) in [5.74, 6) is 0.368. The third-order valence-electron chi connectivity index (χ3n) is 3.43. The second kappa shape index (κ2) is 6.45. The van der Waals surface area contributed by atoms with Gasteiger partial charge in [0.2, 0.25) is 11.8 Å². The van der Waals surface area contributed by atoms with E-state index in [1.165, 1.54) is 24.3 Å². The third kappa shape index (κ3) is 3.37. The minimum absolute atomic E-state index is 0.00506. The van der Waals surface area contributed by atoms with Gasteiger partial charge in [-0.05, 0) is 36.4 Å². The lowest BCUT2D eigenvalue weighted by Crippen LogP contribution is -2.16. The molecule has 0 aliphatic carbocycles. The number of halogens is 1. The highest BCUT2D eigenvalue weighted by Crippen LogP contribution is 2.22. The van der Waals surface area contributed by atoms with Gasteiger partial charge in [-0.15, -0.1) is 10.2 Å². The second-order valence-corrected chi connectivity index (χ2v) is 5.14. The Morgan fingerprint density at radius 3 is 2.42 bits per heavy atom. The van der Waals surface area contributed by atoms with Crippen molar-refractivity contribution >= 4 is 11.4 Å². The summed E-state index contributed by atoms with van der Waals surface area (Å²) >= 11 is 0. The van der Waals surface area contributed by atoms with Crippen LogP contribution in [-0.2, 0) is 6.54 Å². The molecule has 0 N–H and O–H groups in total. The number of benzene rings is 2. The van der Waals surface area contributed by atoms with Gasteiger partial charge in [-0.1, -0.05) is 0 Å². The summed E-state index contributed by atoms with van der Waals surface area (Å²) in [4.78, 5) is 12.0. The Bertz CT molecular complexity index is 847. The van der Waals surface area contributed by atoms with E-state index in [2.05, 4.69) is 10.2 Å². The summed E-state index contributed by atoms with van der Waals surface area (Å²) in [5, 5.41) is 18.6. The molecule has 0 amide bonds. The first-order valence-electron chi connectivity index (χ1n) is 7.07. The number of hydrogen-bond donors (Lipinski definition) is 0. The van der Waals surface area contributed by atoms with E-state index in [9.17, 15) is 14.5 Å². The smallest absolute Gasteiger partial charge is 0.269 e. The van der Waals surface area contributed by atoms with Gasteiger partial charge in [0.05, 0.1) is 11.5 Å². The van der Waals surface area contributed by atoms with E-state index in [-0.39, 0.29) is 17.4 Å². The zero-order chi connectivity index (χ0) is 17.1. The van der Waals surface area contributed by atoms with Crippen LogP contribution in [0.4, 0.5) is 15.8 Å². The molecule has 0 aliphatic rings. The second-order valence-electron chi connectivity index (χ2n) is 5.14. The highest BCUT2D eigenvalue weighted by molar-refractivity contribution is 5.55. The summed E-state index contributed by atoms with van der Waals surface area (Å²) in [5.41, 5.74) is 1.41. The minimum atomic E-state index is -0.472. The van der Waals surface area contributed by atoms with E-state index in [1.54, 1.807) is 24.3 Å². The third-order valence-corrected chi connectivity index (χ3v) is 3.43. The fourth-order valence-electron chi connectivity index (χ4n) is 2.15. The van der Waals surface area contributed by atoms with Gasteiger partial charge in [0, 0.05) is 30.4 Å². The number of hydrogen-bond acceptors (Lipinski definition) is 6. The largest absolute Gasteiger partial charge is 0.419 e. The quantitative estimate of drug-likeness (QED) is 0.527. The molecule has 0 atom stereocenters. The maximum atomic E-state index is 12.9. The first kappa shape index (κ1) is 15.6. The number of nitrogens with zero attached hydrogens (tertiary/aromatic N) is 4. The van der Waals surface area contributed by atoms with E-state index in [4.69, 9.17) is 4.42 Å². The van der Waals surface area contributed by atoms with E-state index < -0.39 is 4.92 Å². The van der Waals surface area contributed by atoms with Gasteiger partial charge in [-0.2, -0.15) is 0 Å². The maximum Gasteiger partial charge on any atom is 0.269 e. The van der Waals surface area contributed by atoms with Crippen molar-refractivity contribution in [1.82, 2.24) is 10.2 Å². The molecule has 0 unspecified atom stereocenters. The lowest BCUT2D eigenvalue weighted by Gasteiger charge is -2.16. The Kier molecular flexibility index (Phi) is 4.19. The van der Waals surface area contributed by atoms with Crippen LogP contribution in [0.15, 0.2) is 52.9 Å². The van der Waals surface area contributed by atoms with Gasteiger partial charge in [-0.3, -0.25) is 10.1 Å². The van der Waals surface area contributed by atoms with Gasteiger partial charge in [0.15, 0.2) is 0 Å². The molecular weight excluding hydrogens is 315 g/mol. The summed E-state index contributed by atoms with van der Waals surface area (Å²) in [6.07, 6.45) is 0. The standard InChI is InChI=1S/C16H13FN4O3/c1-20(13-8-4-12(17)5-9-13)10-15-18-19-16(24-15)11-2-6-14(7-3-11)21(22)23/h2-9H,10H2,1H3. The highest BCUT2D eigenvalue weighted by Gasteiger charge is 2.12. The molecule has 3 aromatic rings. The zero-order valence-corrected chi connectivity index (χ0v) is 12.7. The van der Waals surface area contributed by atoms with Crippen molar-refractivity contribution in [2.75, 3.05) is 11.9 Å². The van der Waals surface area contributed by atoms with Crippen LogP contribution in [0.5, 0.6) is 0 Å². The van der Waals surface area contributed by atoms with Crippen molar-refractivity contribution in [2.24, 2.45) is 0 Å². The molecule has 122 valence electrons. The summed E-state index contributed by atoms with van der Waals surface area (Å²) in [6.45, 7) is 0.353. The van der Waals surface area contributed by atoms with Crippen LogP contribution in [0.2, 0.25) is 0 Å². The Labute approximate surface area is 136 Å².